The number of halogens is 2. The summed E-state index contributed by atoms with van der Waals surface area (Å²) in [5.74, 6) is 0.208. The van der Waals surface area contributed by atoms with Crippen molar-refractivity contribution in [3.8, 4) is 16.9 Å². The van der Waals surface area contributed by atoms with Crippen molar-refractivity contribution in [1.29, 1.82) is 0 Å². The summed E-state index contributed by atoms with van der Waals surface area (Å²) in [5.41, 5.74) is 4.12. The number of aromatic nitrogens is 2. The average molecular weight is 438 g/mol. The fourth-order valence-corrected chi connectivity index (χ4v) is 4.55. The highest BCUT2D eigenvalue weighted by molar-refractivity contribution is 6.35. The Labute approximate surface area is 183 Å². The first kappa shape index (κ1) is 19.9. The lowest BCUT2D eigenvalue weighted by Gasteiger charge is -2.35. The highest BCUT2D eigenvalue weighted by Gasteiger charge is 2.23. The van der Waals surface area contributed by atoms with E-state index in [2.05, 4.69) is 25.3 Å². The van der Waals surface area contributed by atoms with Gasteiger partial charge in [0.1, 0.15) is 23.4 Å². The number of phenols is 1. The van der Waals surface area contributed by atoms with E-state index in [0.717, 1.165) is 37.0 Å². The predicted molar refractivity (Wildman–Crippen MR) is 122 cm³/mol. The molecule has 2 heterocycles. The molecule has 5 rings (SSSR count). The predicted octanol–water partition coefficient (Wildman–Crippen LogP) is 4.20. The number of fused-ring (bicyclic) bond motifs is 2. The Hall–Kier alpha value is -3.00. The van der Waals surface area contributed by atoms with Crippen LogP contribution in [0.15, 0.2) is 48.8 Å². The number of nitrogens with zero attached hydrogens (tertiary/aromatic N) is 4. The summed E-state index contributed by atoms with van der Waals surface area (Å²) in [7, 11) is 1.90. The van der Waals surface area contributed by atoms with Crippen molar-refractivity contribution in [2.45, 2.75) is 0 Å². The molecule has 0 bridgehead atoms. The number of benzene rings is 3. The van der Waals surface area contributed by atoms with Crippen LogP contribution in [0.25, 0.3) is 32.8 Å². The van der Waals surface area contributed by atoms with E-state index in [0.29, 0.717) is 16.8 Å². The van der Waals surface area contributed by atoms with Gasteiger partial charge in [0, 0.05) is 37.1 Å². The molecule has 31 heavy (non-hydrogen) atoms. The van der Waals surface area contributed by atoms with Crippen LogP contribution in [0, 0.1) is 5.82 Å². The van der Waals surface area contributed by atoms with Gasteiger partial charge in [0.25, 0.3) is 0 Å². The molecule has 3 aromatic carbocycles. The van der Waals surface area contributed by atoms with Crippen molar-refractivity contribution in [2.75, 3.05) is 38.1 Å². The Balaban J connectivity index is 1.68. The first-order valence-corrected chi connectivity index (χ1v) is 10.5. The number of phenolic OH excluding ortho intramolecular Hbond substituents is 1. The van der Waals surface area contributed by atoms with Gasteiger partial charge in [-0.25, -0.2) is 19.4 Å². The molecule has 1 aliphatic rings. The van der Waals surface area contributed by atoms with Gasteiger partial charge in [0.15, 0.2) is 5.82 Å². The lowest BCUT2D eigenvalue weighted by Crippen LogP contribution is -2.51. The molecule has 4 aromatic rings. The summed E-state index contributed by atoms with van der Waals surface area (Å²) in [5, 5.41) is 14.8. The van der Waals surface area contributed by atoms with Gasteiger partial charge in [0.2, 0.25) is 0 Å². The Bertz CT molecular complexity index is 1290. The number of rotatable bonds is 3. The zero-order valence-corrected chi connectivity index (χ0v) is 17.7. The average Bonchev–Trinajstić information content (AvgIpc) is 2.79. The van der Waals surface area contributed by atoms with Gasteiger partial charge >= 0.3 is 0 Å². The minimum atomic E-state index is -0.518. The second-order valence-corrected chi connectivity index (χ2v) is 7.96. The highest BCUT2D eigenvalue weighted by Crippen LogP contribution is 2.41. The molecular formula is C23H21ClFN5O. The Morgan fingerprint density at radius 3 is 2.58 bits per heavy atom. The van der Waals surface area contributed by atoms with Crippen LogP contribution < -0.4 is 10.3 Å². The summed E-state index contributed by atoms with van der Waals surface area (Å²) in [4.78, 5) is 10.8. The summed E-state index contributed by atoms with van der Waals surface area (Å²) in [6.45, 7) is 3.16. The van der Waals surface area contributed by atoms with Gasteiger partial charge in [-0.1, -0.05) is 35.9 Å². The van der Waals surface area contributed by atoms with E-state index < -0.39 is 5.82 Å². The van der Waals surface area contributed by atoms with Gasteiger partial charge in [-0.05, 0) is 41.6 Å². The largest absolute Gasteiger partial charge is 0.508 e. The molecule has 0 atom stereocenters. The molecule has 1 fully saturated rings. The van der Waals surface area contributed by atoms with E-state index in [9.17, 15) is 5.11 Å². The minimum absolute atomic E-state index is 0.0510. The van der Waals surface area contributed by atoms with E-state index in [1.165, 1.54) is 12.4 Å². The van der Waals surface area contributed by atoms with E-state index in [1.54, 1.807) is 12.1 Å². The van der Waals surface area contributed by atoms with Crippen LogP contribution in [0.1, 0.15) is 0 Å². The zero-order chi connectivity index (χ0) is 21.5. The summed E-state index contributed by atoms with van der Waals surface area (Å²) in [6, 6.07) is 12.4. The number of piperazine rings is 1. The monoisotopic (exact) mass is 437 g/mol. The molecule has 8 heteroatoms. The fourth-order valence-electron chi connectivity index (χ4n) is 4.26. The van der Waals surface area contributed by atoms with Crippen LogP contribution in [-0.2, 0) is 0 Å². The van der Waals surface area contributed by atoms with E-state index in [-0.39, 0.29) is 21.9 Å². The second-order valence-electron chi connectivity index (χ2n) is 7.55. The zero-order valence-electron chi connectivity index (χ0n) is 16.9. The maximum Gasteiger partial charge on any atom is 0.158 e. The second kappa shape index (κ2) is 7.92. The standard InChI is InChI=1S/C23H21ClFN5O/c1-26-30-8-6-29(7-9-30)23-18-12-19(24)20(21(25)22(18)27-13-28-23)17-11-15(31)10-14-4-2-3-5-16(14)17/h2-5,10-13,26,31H,6-9H2,1H3. The third-order valence-corrected chi connectivity index (χ3v) is 6.11. The maximum atomic E-state index is 15.8. The van der Waals surface area contributed by atoms with Crippen molar-refractivity contribution in [2.24, 2.45) is 0 Å². The van der Waals surface area contributed by atoms with Crippen LogP contribution in [0.4, 0.5) is 10.2 Å². The maximum absolute atomic E-state index is 15.8. The number of nitrogens with one attached hydrogen (secondary N) is 1. The van der Waals surface area contributed by atoms with Gasteiger partial charge in [-0.3, -0.25) is 5.43 Å². The van der Waals surface area contributed by atoms with Crippen LogP contribution in [0.5, 0.6) is 5.75 Å². The molecule has 0 spiro atoms. The molecule has 2 N–H and O–H groups in total. The number of hydrogen-bond donors (Lipinski definition) is 2. The van der Waals surface area contributed by atoms with Crippen molar-refractivity contribution < 1.29 is 9.50 Å². The number of hydrogen-bond acceptors (Lipinski definition) is 6. The quantitative estimate of drug-likeness (QED) is 0.500. The molecule has 1 saturated heterocycles. The Kier molecular flexibility index (Phi) is 5.09. The molecule has 1 aromatic heterocycles. The lowest BCUT2D eigenvalue weighted by molar-refractivity contribution is 0.195. The van der Waals surface area contributed by atoms with Gasteiger partial charge < -0.3 is 10.0 Å². The van der Waals surface area contributed by atoms with E-state index >= 15 is 4.39 Å². The molecule has 0 aliphatic carbocycles. The molecule has 0 radical (unpaired) electrons. The van der Waals surface area contributed by atoms with Crippen LogP contribution in [0.3, 0.4) is 0 Å². The molecule has 0 unspecified atom stereocenters. The van der Waals surface area contributed by atoms with Crippen molar-refractivity contribution in [1.82, 2.24) is 20.4 Å². The molecule has 158 valence electrons. The van der Waals surface area contributed by atoms with Crippen molar-refractivity contribution in [3.05, 3.63) is 59.6 Å². The topological polar surface area (TPSA) is 64.5 Å². The fraction of sp³-hybridized carbons (Fsp3) is 0.217. The molecule has 1 aliphatic heterocycles. The first-order chi connectivity index (χ1) is 15.1. The number of anilines is 1. The van der Waals surface area contributed by atoms with Gasteiger partial charge in [-0.2, -0.15) is 0 Å². The molecule has 0 saturated carbocycles. The van der Waals surface area contributed by atoms with Crippen LogP contribution in [0.2, 0.25) is 5.02 Å². The number of aromatic hydroxyl groups is 1. The summed E-state index contributed by atoms with van der Waals surface area (Å²) >= 11 is 6.64. The Morgan fingerprint density at radius 1 is 1.03 bits per heavy atom. The third kappa shape index (κ3) is 3.44. The molecular weight excluding hydrogens is 417 g/mol. The van der Waals surface area contributed by atoms with Crippen molar-refractivity contribution >= 4 is 39.1 Å². The number of hydrazine groups is 1. The smallest absolute Gasteiger partial charge is 0.158 e. The molecule has 6 nitrogen and oxygen atoms in total. The van der Waals surface area contributed by atoms with E-state index in [4.69, 9.17) is 11.6 Å². The SMILES string of the molecule is CNN1CCN(c2ncnc3c(F)c(-c4cc(O)cc5ccccc45)c(Cl)cc23)CC1. The lowest BCUT2D eigenvalue weighted by atomic mass is 9.96. The van der Waals surface area contributed by atoms with Gasteiger partial charge in [0.05, 0.1) is 5.02 Å². The molecule has 0 amide bonds. The minimum Gasteiger partial charge on any atom is -0.508 e. The summed E-state index contributed by atoms with van der Waals surface area (Å²) < 4.78 is 15.8. The first-order valence-electron chi connectivity index (χ1n) is 10.1. The normalized spacial score (nSPS) is 15.1. The van der Waals surface area contributed by atoms with Gasteiger partial charge in [-0.15, -0.1) is 0 Å². The van der Waals surface area contributed by atoms with Crippen molar-refractivity contribution in [3.63, 3.8) is 0 Å². The van der Waals surface area contributed by atoms with E-state index in [1.807, 2.05) is 31.3 Å². The highest BCUT2D eigenvalue weighted by atomic mass is 35.5. The van der Waals surface area contributed by atoms with Crippen LogP contribution >= 0.6 is 11.6 Å². The third-order valence-electron chi connectivity index (χ3n) is 5.81. The summed E-state index contributed by atoms with van der Waals surface area (Å²) in [6.07, 6.45) is 1.39. The Morgan fingerprint density at radius 2 is 1.81 bits per heavy atom. The van der Waals surface area contributed by atoms with Crippen LogP contribution in [-0.4, -0.2) is 53.3 Å².